The number of allylic oxidation sites excluding steroid dienone is 1. The van der Waals surface area contributed by atoms with Crippen molar-refractivity contribution in [2.24, 2.45) is 4.99 Å². The van der Waals surface area contributed by atoms with E-state index < -0.39 is 22.5 Å². The molecule has 0 saturated carbocycles. The standard InChI is InChI=1S/C24H20ClN3O7S/c1-12-20(23(30)35-4)21(13-5-7-16(25)17(10-13)28(31)32)27-22(29)19(36-24(27)26-12)11-14-9-15(33-2)6-8-18(14)34-3/h5-11,21H,1-4H3. The predicted molar refractivity (Wildman–Crippen MR) is 133 cm³/mol. The zero-order chi connectivity index (χ0) is 26.1. The molecule has 2 aromatic carbocycles. The van der Waals surface area contributed by atoms with Crippen LogP contribution in [0.4, 0.5) is 5.69 Å². The first-order valence-electron chi connectivity index (χ1n) is 10.5. The molecule has 186 valence electrons. The molecule has 1 aromatic heterocycles. The third-order valence-corrected chi connectivity index (χ3v) is 6.94. The minimum absolute atomic E-state index is 0.0680. The van der Waals surface area contributed by atoms with Crippen LogP contribution in [-0.4, -0.2) is 36.8 Å². The highest BCUT2D eigenvalue weighted by Crippen LogP contribution is 2.35. The smallest absolute Gasteiger partial charge is 0.338 e. The number of hydrogen-bond acceptors (Lipinski definition) is 9. The van der Waals surface area contributed by atoms with E-state index in [4.69, 9.17) is 25.8 Å². The van der Waals surface area contributed by atoms with Crippen LogP contribution in [0.15, 0.2) is 57.5 Å². The lowest BCUT2D eigenvalue weighted by Gasteiger charge is -2.24. The number of nitro benzene ring substituents is 1. The third-order valence-electron chi connectivity index (χ3n) is 5.63. The van der Waals surface area contributed by atoms with Gasteiger partial charge >= 0.3 is 5.97 Å². The summed E-state index contributed by atoms with van der Waals surface area (Å²) in [6.45, 7) is 1.62. The Morgan fingerprint density at radius 2 is 1.94 bits per heavy atom. The SMILES string of the molecule is COC(=O)C1=C(C)N=c2sc(=Cc3cc(OC)ccc3OC)c(=O)n2C1c1ccc(Cl)c([N+](=O)[O-])c1. The molecule has 1 aliphatic heterocycles. The topological polar surface area (TPSA) is 122 Å². The van der Waals surface area contributed by atoms with E-state index in [1.165, 1.54) is 44.1 Å². The van der Waals surface area contributed by atoms with Crippen LogP contribution in [0.3, 0.4) is 0 Å². The summed E-state index contributed by atoms with van der Waals surface area (Å²) < 4.78 is 17.3. The van der Waals surface area contributed by atoms with E-state index in [9.17, 15) is 19.7 Å². The molecule has 10 nitrogen and oxygen atoms in total. The first-order valence-corrected chi connectivity index (χ1v) is 11.7. The lowest BCUT2D eigenvalue weighted by Crippen LogP contribution is -2.39. The number of benzene rings is 2. The molecule has 36 heavy (non-hydrogen) atoms. The minimum Gasteiger partial charge on any atom is -0.497 e. The van der Waals surface area contributed by atoms with Crippen molar-refractivity contribution in [3.63, 3.8) is 0 Å². The number of carbonyl (C=O) groups excluding carboxylic acids is 1. The summed E-state index contributed by atoms with van der Waals surface area (Å²) in [4.78, 5) is 42.1. The van der Waals surface area contributed by atoms with Crippen LogP contribution in [0, 0.1) is 10.1 Å². The van der Waals surface area contributed by atoms with Crippen LogP contribution < -0.4 is 24.4 Å². The number of aromatic nitrogens is 1. The summed E-state index contributed by atoms with van der Waals surface area (Å²) in [5.41, 5.74) is 0.539. The van der Waals surface area contributed by atoms with Crippen molar-refractivity contribution < 1.29 is 23.9 Å². The minimum atomic E-state index is -1.01. The number of thiazole rings is 1. The maximum absolute atomic E-state index is 13.7. The Labute approximate surface area is 213 Å². The van der Waals surface area contributed by atoms with Crippen molar-refractivity contribution in [3.8, 4) is 11.5 Å². The zero-order valence-electron chi connectivity index (χ0n) is 19.6. The van der Waals surface area contributed by atoms with Gasteiger partial charge in [-0.3, -0.25) is 19.5 Å². The van der Waals surface area contributed by atoms with Gasteiger partial charge < -0.3 is 14.2 Å². The Hall–Kier alpha value is -3.96. The highest BCUT2D eigenvalue weighted by atomic mass is 35.5. The summed E-state index contributed by atoms with van der Waals surface area (Å²) in [5, 5.41) is 11.5. The van der Waals surface area contributed by atoms with Gasteiger partial charge in [-0.1, -0.05) is 29.0 Å². The van der Waals surface area contributed by atoms with Gasteiger partial charge in [0, 0.05) is 11.6 Å². The normalized spacial score (nSPS) is 15.2. The lowest BCUT2D eigenvalue weighted by molar-refractivity contribution is -0.384. The van der Waals surface area contributed by atoms with Crippen molar-refractivity contribution >= 4 is 40.7 Å². The Morgan fingerprint density at radius 1 is 1.19 bits per heavy atom. The maximum Gasteiger partial charge on any atom is 0.338 e. The molecule has 1 atom stereocenters. The van der Waals surface area contributed by atoms with Gasteiger partial charge in [0.2, 0.25) is 0 Å². The molecule has 0 spiro atoms. The van der Waals surface area contributed by atoms with E-state index in [1.54, 1.807) is 31.2 Å². The van der Waals surface area contributed by atoms with E-state index in [1.807, 2.05) is 0 Å². The van der Waals surface area contributed by atoms with Crippen LogP contribution >= 0.6 is 22.9 Å². The maximum atomic E-state index is 13.7. The van der Waals surface area contributed by atoms with Crippen molar-refractivity contribution in [3.05, 3.63) is 93.6 Å². The fourth-order valence-electron chi connectivity index (χ4n) is 3.94. The number of rotatable bonds is 6. The van der Waals surface area contributed by atoms with Gasteiger partial charge in [-0.05, 0) is 42.8 Å². The molecule has 0 radical (unpaired) electrons. The Bertz CT molecular complexity index is 1610. The molecule has 0 amide bonds. The molecule has 0 fully saturated rings. The summed E-state index contributed by atoms with van der Waals surface area (Å²) >= 11 is 7.12. The van der Waals surface area contributed by atoms with Crippen LogP contribution in [0.1, 0.15) is 24.1 Å². The Morgan fingerprint density at radius 3 is 2.58 bits per heavy atom. The number of esters is 1. The van der Waals surface area contributed by atoms with Crippen LogP contribution in [0.2, 0.25) is 5.02 Å². The molecule has 0 bridgehead atoms. The van der Waals surface area contributed by atoms with Crippen LogP contribution in [0.25, 0.3) is 6.08 Å². The van der Waals surface area contributed by atoms with Crippen molar-refractivity contribution in [1.29, 1.82) is 0 Å². The Balaban J connectivity index is 2.01. The average Bonchev–Trinajstić information content (AvgIpc) is 3.17. The molecule has 1 unspecified atom stereocenters. The van der Waals surface area contributed by atoms with Gasteiger partial charge in [0.1, 0.15) is 16.5 Å². The summed E-state index contributed by atoms with van der Waals surface area (Å²) in [6.07, 6.45) is 1.64. The Kier molecular flexibility index (Phi) is 6.95. The van der Waals surface area contributed by atoms with Crippen molar-refractivity contribution in [2.45, 2.75) is 13.0 Å². The number of halogens is 1. The number of ether oxygens (including phenoxy) is 3. The van der Waals surface area contributed by atoms with E-state index in [2.05, 4.69) is 4.99 Å². The van der Waals surface area contributed by atoms with Crippen molar-refractivity contribution in [1.82, 2.24) is 4.57 Å². The summed E-state index contributed by atoms with van der Waals surface area (Å²) in [7, 11) is 4.26. The molecule has 0 saturated heterocycles. The summed E-state index contributed by atoms with van der Waals surface area (Å²) in [5.74, 6) is 0.394. The largest absolute Gasteiger partial charge is 0.497 e. The van der Waals surface area contributed by atoms with E-state index in [0.29, 0.717) is 37.7 Å². The molecule has 12 heteroatoms. The van der Waals surface area contributed by atoms with Gasteiger partial charge in [-0.25, -0.2) is 9.79 Å². The van der Waals surface area contributed by atoms with E-state index in [-0.39, 0.29) is 16.3 Å². The molecule has 0 N–H and O–H groups in total. The molecule has 3 aromatic rings. The third kappa shape index (κ3) is 4.38. The number of nitro groups is 1. The first kappa shape index (κ1) is 25.1. The molecular weight excluding hydrogens is 510 g/mol. The zero-order valence-corrected chi connectivity index (χ0v) is 21.2. The second-order valence-corrected chi connectivity index (χ2v) is 9.07. The first-order chi connectivity index (χ1) is 17.2. The highest BCUT2D eigenvalue weighted by molar-refractivity contribution is 7.07. The highest BCUT2D eigenvalue weighted by Gasteiger charge is 2.34. The number of fused-ring (bicyclic) bond motifs is 1. The van der Waals surface area contributed by atoms with Gasteiger partial charge in [0.15, 0.2) is 4.80 Å². The van der Waals surface area contributed by atoms with Crippen molar-refractivity contribution in [2.75, 3.05) is 21.3 Å². The number of methoxy groups -OCH3 is 3. The fraction of sp³-hybridized carbons (Fsp3) is 0.208. The summed E-state index contributed by atoms with van der Waals surface area (Å²) in [6, 6.07) is 8.30. The molecule has 1 aliphatic rings. The monoisotopic (exact) mass is 529 g/mol. The predicted octanol–water partition coefficient (Wildman–Crippen LogP) is 2.99. The number of nitrogens with zero attached hydrogens (tertiary/aromatic N) is 3. The van der Waals surface area contributed by atoms with E-state index in [0.717, 1.165) is 11.3 Å². The second kappa shape index (κ2) is 9.96. The number of hydrogen-bond donors (Lipinski definition) is 0. The quantitative estimate of drug-likeness (QED) is 0.273. The molecular formula is C24H20ClN3O7S. The van der Waals surface area contributed by atoms with Gasteiger partial charge in [0.05, 0.1) is 48.1 Å². The number of carbonyl (C=O) groups is 1. The molecule has 2 heterocycles. The van der Waals surface area contributed by atoms with Gasteiger partial charge in [-0.2, -0.15) is 0 Å². The molecule has 4 rings (SSSR count). The van der Waals surface area contributed by atoms with E-state index >= 15 is 0 Å². The fourth-order valence-corrected chi connectivity index (χ4v) is 5.17. The van der Waals surface area contributed by atoms with Crippen LogP contribution in [-0.2, 0) is 9.53 Å². The van der Waals surface area contributed by atoms with Gasteiger partial charge in [0.25, 0.3) is 11.2 Å². The van der Waals surface area contributed by atoms with Crippen LogP contribution in [0.5, 0.6) is 11.5 Å². The second-order valence-electron chi connectivity index (χ2n) is 7.65. The van der Waals surface area contributed by atoms with Gasteiger partial charge in [-0.15, -0.1) is 0 Å². The molecule has 0 aliphatic carbocycles. The lowest BCUT2D eigenvalue weighted by atomic mass is 9.95. The average molecular weight is 530 g/mol.